The molecule has 0 saturated carbocycles. The molecule has 1 atom stereocenters. The van der Waals surface area contributed by atoms with Crippen molar-refractivity contribution in [2.75, 3.05) is 6.61 Å². The van der Waals surface area contributed by atoms with Crippen molar-refractivity contribution < 1.29 is 24.4 Å². The van der Waals surface area contributed by atoms with E-state index in [4.69, 9.17) is 19.6 Å². The van der Waals surface area contributed by atoms with E-state index in [2.05, 4.69) is 6.58 Å². The van der Waals surface area contributed by atoms with Crippen molar-refractivity contribution in [1.82, 2.24) is 0 Å². The van der Waals surface area contributed by atoms with E-state index in [1.165, 1.54) is 6.92 Å². The Morgan fingerprint density at radius 3 is 2.22 bits per heavy atom. The Balaban J connectivity index is 4.72. The van der Waals surface area contributed by atoms with Gasteiger partial charge in [-0.3, -0.25) is 0 Å². The molecule has 0 aromatic carbocycles. The monoisotopic (exact) mass is 260 g/mol. The van der Waals surface area contributed by atoms with Crippen LogP contribution in [-0.2, 0) is 14.5 Å². The van der Waals surface area contributed by atoms with Gasteiger partial charge in [0.2, 0.25) is 0 Å². The van der Waals surface area contributed by atoms with Gasteiger partial charge in [-0.05, 0) is 11.8 Å². The van der Waals surface area contributed by atoms with E-state index >= 15 is 0 Å². The third-order valence-electron chi connectivity index (χ3n) is 2.53. The van der Waals surface area contributed by atoms with Crippen molar-refractivity contribution in [3.05, 3.63) is 12.2 Å². The van der Waals surface area contributed by atoms with Crippen LogP contribution in [0.3, 0.4) is 0 Å². The summed E-state index contributed by atoms with van der Waals surface area (Å²) in [4.78, 5) is 20.9. The van der Waals surface area contributed by atoms with Crippen LogP contribution in [0.2, 0.25) is 0 Å². The van der Waals surface area contributed by atoms with E-state index in [9.17, 15) is 4.79 Å². The number of carbonyl (C=O) groups is 1. The van der Waals surface area contributed by atoms with Crippen LogP contribution in [-0.4, -0.2) is 23.7 Å². The van der Waals surface area contributed by atoms with Gasteiger partial charge in [0.1, 0.15) is 0 Å². The quantitative estimate of drug-likeness (QED) is 0.189. The Hall–Kier alpha value is -1.07. The predicted molar refractivity (Wildman–Crippen MR) is 68.1 cm³/mol. The van der Waals surface area contributed by atoms with E-state index in [0.29, 0.717) is 12.2 Å². The van der Waals surface area contributed by atoms with Crippen molar-refractivity contribution in [1.29, 1.82) is 0 Å². The molecular formula is C13H24O5. The molecular weight excluding hydrogens is 236 g/mol. The van der Waals surface area contributed by atoms with Gasteiger partial charge in [-0.2, -0.15) is 4.89 Å². The van der Waals surface area contributed by atoms with E-state index < -0.39 is 11.9 Å². The lowest BCUT2D eigenvalue weighted by atomic mass is 9.83. The lowest BCUT2D eigenvalue weighted by Crippen LogP contribution is -2.41. The summed E-state index contributed by atoms with van der Waals surface area (Å²) in [7, 11) is 0. The van der Waals surface area contributed by atoms with E-state index in [1.807, 2.05) is 27.7 Å². The standard InChI is InChI=1S/C13H24O5/c1-7-8-9-16-18-13(6,17-11(14)15)10(2)12(3,4)5/h2,7-9H2,1,3-6H3,(H,14,15). The van der Waals surface area contributed by atoms with Crippen LogP contribution < -0.4 is 0 Å². The highest BCUT2D eigenvalue weighted by Gasteiger charge is 2.40. The Labute approximate surface area is 109 Å². The van der Waals surface area contributed by atoms with Crippen molar-refractivity contribution >= 4 is 6.16 Å². The van der Waals surface area contributed by atoms with Crippen LogP contribution in [0.25, 0.3) is 0 Å². The third-order valence-corrected chi connectivity index (χ3v) is 2.53. The molecule has 5 heteroatoms. The van der Waals surface area contributed by atoms with Gasteiger partial charge in [-0.1, -0.05) is 40.7 Å². The second kappa shape index (κ2) is 6.75. The SMILES string of the molecule is C=C(C(C)(C)C)C(C)(OOCCCC)OC(=O)O. The second-order valence-corrected chi connectivity index (χ2v) is 5.30. The van der Waals surface area contributed by atoms with Gasteiger partial charge in [-0.25, -0.2) is 9.68 Å². The average Bonchev–Trinajstić information content (AvgIpc) is 2.21. The van der Waals surface area contributed by atoms with Crippen LogP contribution in [0.5, 0.6) is 0 Å². The molecule has 18 heavy (non-hydrogen) atoms. The molecule has 0 saturated heterocycles. The van der Waals surface area contributed by atoms with Gasteiger partial charge >= 0.3 is 6.16 Å². The lowest BCUT2D eigenvalue weighted by Gasteiger charge is -2.35. The largest absolute Gasteiger partial charge is 0.508 e. The summed E-state index contributed by atoms with van der Waals surface area (Å²) >= 11 is 0. The number of carboxylic acid groups (broad SMARTS) is 1. The van der Waals surface area contributed by atoms with Gasteiger partial charge < -0.3 is 9.84 Å². The number of hydrogen-bond donors (Lipinski definition) is 1. The summed E-state index contributed by atoms with van der Waals surface area (Å²) in [5, 5.41) is 8.77. The molecule has 0 fully saturated rings. The number of rotatable bonds is 7. The molecule has 0 aliphatic rings. The number of unbranched alkanes of at least 4 members (excludes halogenated alkanes) is 1. The average molecular weight is 260 g/mol. The molecule has 0 bridgehead atoms. The Morgan fingerprint density at radius 1 is 1.28 bits per heavy atom. The second-order valence-electron chi connectivity index (χ2n) is 5.30. The lowest BCUT2D eigenvalue weighted by molar-refractivity contribution is -0.402. The summed E-state index contributed by atoms with van der Waals surface area (Å²) in [6.07, 6.45) is 0.354. The van der Waals surface area contributed by atoms with Gasteiger partial charge in [0.05, 0.1) is 6.61 Å². The smallest absolute Gasteiger partial charge is 0.450 e. The highest BCUT2D eigenvalue weighted by molar-refractivity contribution is 5.58. The highest BCUT2D eigenvalue weighted by atomic mass is 17.2. The molecule has 0 aromatic rings. The molecule has 106 valence electrons. The van der Waals surface area contributed by atoms with Crippen molar-refractivity contribution in [2.45, 2.75) is 53.2 Å². The summed E-state index contributed by atoms with van der Waals surface area (Å²) in [5.74, 6) is -1.50. The predicted octanol–water partition coefficient (Wildman–Crippen LogP) is 3.75. The van der Waals surface area contributed by atoms with Crippen LogP contribution in [0.1, 0.15) is 47.5 Å². The highest BCUT2D eigenvalue weighted by Crippen LogP contribution is 2.36. The molecule has 1 N–H and O–H groups in total. The minimum absolute atomic E-state index is 0.363. The van der Waals surface area contributed by atoms with Crippen molar-refractivity contribution in [3.8, 4) is 0 Å². The van der Waals surface area contributed by atoms with Crippen LogP contribution in [0.4, 0.5) is 4.79 Å². The maximum atomic E-state index is 10.7. The Bertz CT molecular complexity index is 292. The van der Waals surface area contributed by atoms with Crippen molar-refractivity contribution in [2.24, 2.45) is 5.41 Å². The zero-order chi connectivity index (χ0) is 14.4. The summed E-state index contributed by atoms with van der Waals surface area (Å²) in [6, 6.07) is 0. The van der Waals surface area contributed by atoms with Crippen molar-refractivity contribution in [3.63, 3.8) is 0 Å². The fourth-order valence-corrected chi connectivity index (χ4v) is 1.33. The normalized spacial score (nSPS) is 14.9. The molecule has 0 spiro atoms. The van der Waals surface area contributed by atoms with Crippen LogP contribution >= 0.6 is 0 Å². The van der Waals surface area contributed by atoms with Gasteiger partial charge in [0.15, 0.2) is 0 Å². The number of ether oxygens (including phenoxy) is 1. The fraction of sp³-hybridized carbons (Fsp3) is 0.769. The molecule has 0 heterocycles. The summed E-state index contributed by atoms with van der Waals surface area (Å²) < 4.78 is 4.78. The van der Waals surface area contributed by atoms with E-state index in [0.717, 1.165) is 12.8 Å². The van der Waals surface area contributed by atoms with Gasteiger partial charge in [0.25, 0.3) is 5.79 Å². The molecule has 1 unspecified atom stereocenters. The van der Waals surface area contributed by atoms with Gasteiger partial charge in [-0.15, -0.1) is 0 Å². The first kappa shape index (κ1) is 16.9. The first-order chi connectivity index (χ1) is 8.13. The van der Waals surface area contributed by atoms with Crippen LogP contribution in [0.15, 0.2) is 12.2 Å². The van der Waals surface area contributed by atoms with Crippen LogP contribution in [0, 0.1) is 5.41 Å². The van der Waals surface area contributed by atoms with E-state index in [-0.39, 0.29) is 5.41 Å². The molecule has 0 radical (unpaired) electrons. The molecule has 0 aliphatic heterocycles. The number of hydrogen-bond acceptors (Lipinski definition) is 4. The first-order valence-electron chi connectivity index (χ1n) is 6.06. The Kier molecular flexibility index (Phi) is 6.35. The molecule has 0 aromatic heterocycles. The summed E-state index contributed by atoms with van der Waals surface area (Å²) in [5.41, 5.74) is 0.132. The minimum atomic E-state index is -1.50. The maximum Gasteiger partial charge on any atom is 0.508 e. The van der Waals surface area contributed by atoms with Gasteiger partial charge in [0, 0.05) is 12.5 Å². The third kappa shape index (κ3) is 5.51. The fourth-order valence-electron chi connectivity index (χ4n) is 1.33. The topological polar surface area (TPSA) is 65.0 Å². The van der Waals surface area contributed by atoms with E-state index in [1.54, 1.807) is 0 Å². The molecule has 0 amide bonds. The maximum absolute atomic E-state index is 10.7. The molecule has 0 aliphatic carbocycles. The zero-order valence-electron chi connectivity index (χ0n) is 11.9. The minimum Gasteiger partial charge on any atom is -0.450 e. The molecule has 5 nitrogen and oxygen atoms in total. The Morgan fingerprint density at radius 2 is 1.83 bits per heavy atom. The first-order valence-corrected chi connectivity index (χ1v) is 6.06. The zero-order valence-corrected chi connectivity index (χ0v) is 11.9. The molecule has 0 rings (SSSR count). The summed E-state index contributed by atoms with van der Waals surface area (Å²) in [6.45, 7) is 13.4.